The van der Waals surface area contributed by atoms with Gasteiger partial charge in [0.15, 0.2) is 10.8 Å². The molecule has 52 valence electrons. The van der Waals surface area contributed by atoms with Crippen molar-refractivity contribution >= 4 is 21.0 Å². The molecule has 1 aromatic rings. The molecule has 2 atom stereocenters. The lowest BCUT2D eigenvalue weighted by molar-refractivity contribution is 0.613. The van der Waals surface area contributed by atoms with Crippen LogP contribution in [-0.2, 0) is 10.2 Å². The van der Waals surface area contributed by atoms with Crippen LogP contribution in [0.3, 0.4) is 0 Å². The van der Waals surface area contributed by atoms with Gasteiger partial charge in [-0.25, -0.2) is 0 Å². The van der Waals surface area contributed by atoms with Crippen LogP contribution in [0.15, 0.2) is 30.3 Å². The van der Waals surface area contributed by atoms with Gasteiger partial charge in [-0.3, -0.25) is 0 Å². The summed E-state index contributed by atoms with van der Waals surface area (Å²) in [5.74, 6) is 0. The number of hydrogen-bond donors (Lipinski definition) is 0. The number of benzene rings is 1. The molecular formula is C7H6OS2. The molecule has 1 aliphatic heterocycles. The first-order valence-corrected chi connectivity index (χ1v) is 5.61. The van der Waals surface area contributed by atoms with Gasteiger partial charge in [-0.2, -0.15) is 0 Å². The molecule has 1 nitrogen and oxygen atoms in total. The van der Waals surface area contributed by atoms with Crippen LogP contribution in [0.4, 0.5) is 0 Å². The minimum absolute atomic E-state index is 0.265. The second-order valence-electron chi connectivity index (χ2n) is 2.10. The first-order valence-electron chi connectivity index (χ1n) is 3.00. The zero-order valence-corrected chi connectivity index (χ0v) is 6.82. The standard InChI is InChI=1S/C7H6OS2/c8-10-7(9-10)6-4-2-1-3-5-6/h1-5,7H. The van der Waals surface area contributed by atoms with E-state index in [0.717, 1.165) is 0 Å². The summed E-state index contributed by atoms with van der Waals surface area (Å²) in [6.45, 7) is 0. The Morgan fingerprint density at radius 2 is 1.90 bits per heavy atom. The predicted molar refractivity (Wildman–Crippen MR) is 44.9 cm³/mol. The molecule has 10 heavy (non-hydrogen) atoms. The van der Waals surface area contributed by atoms with Crippen molar-refractivity contribution in [2.45, 2.75) is 4.58 Å². The van der Waals surface area contributed by atoms with Gasteiger partial charge in [-0.05, 0) is 0 Å². The molecule has 0 spiro atoms. The van der Waals surface area contributed by atoms with Crippen molar-refractivity contribution in [3.8, 4) is 0 Å². The largest absolute Gasteiger partial charge is 0.604 e. The fourth-order valence-electron chi connectivity index (χ4n) is 0.840. The quantitative estimate of drug-likeness (QED) is 0.366. The van der Waals surface area contributed by atoms with Crippen LogP contribution in [0.2, 0.25) is 0 Å². The monoisotopic (exact) mass is 170 g/mol. The van der Waals surface area contributed by atoms with E-state index in [-0.39, 0.29) is 4.58 Å². The van der Waals surface area contributed by atoms with Gasteiger partial charge < -0.3 is 4.55 Å². The third kappa shape index (κ3) is 1.17. The SMILES string of the molecule is [O-][S+]1SC1c1ccccc1. The van der Waals surface area contributed by atoms with Gasteiger partial charge in [0.05, 0.1) is 0 Å². The second kappa shape index (κ2) is 2.49. The summed E-state index contributed by atoms with van der Waals surface area (Å²) in [5.41, 5.74) is 1.19. The van der Waals surface area contributed by atoms with E-state index in [1.54, 1.807) is 0 Å². The van der Waals surface area contributed by atoms with Crippen molar-refractivity contribution in [1.29, 1.82) is 0 Å². The van der Waals surface area contributed by atoms with E-state index in [2.05, 4.69) is 0 Å². The molecule has 0 aromatic heterocycles. The Hall–Kier alpha value is -0.120. The average Bonchev–Trinajstić information content (AvgIpc) is 2.69. The van der Waals surface area contributed by atoms with Gasteiger partial charge >= 0.3 is 0 Å². The molecule has 1 aromatic carbocycles. The van der Waals surface area contributed by atoms with Crippen LogP contribution in [0.1, 0.15) is 10.1 Å². The van der Waals surface area contributed by atoms with E-state index in [4.69, 9.17) is 0 Å². The lowest BCUT2D eigenvalue weighted by Gasteiger charge is -1.88. The molecule has 0 N–H and O–H groups in total. The highest BCUT2D eigenvalue weighted by Gasteiger charge is 2.47. The van der Waals surface area contributed by atoms with Gasteiger partial charge in [-0.15, -0.1) is 0 Å². The summed E-state index contributed by atoms with van der Waals surface area (Å²) in [6.07, 6.45) is 0. The summed E-state index contributed by atoms with van der Waals surface area (Å²) in [7, 11) is 0.884. The minimum atomic E-state index is -0.633. The Bertz CT molecular complexity index is 224. The first kappa shape index (κ1) is 6.58. The normalized spacial score (nSPS) is 30.1. The molecule has 0 saturated carbocycles. The Labute approximate surface area is 66.4 Å². The molecule has 0 aliphatic carbocycles. The molecule has 0 bridgehead atoms. The second-order valence-corrected chi connectivity index (χ2v) is 5.62. The molecule has 1 heterocycles. The molecule has 3 heteroatoms. The van der Waals surface area contributed by atoms with Crippen molar-refractivity contribution in [3.05, 3.63) is 35.9 Å². The molecule has 2 rings (SSSR count). The Balaban J connectivity index is 2.20. The maximum Gasteiger partial charge on any atom is 0.245 e. The zero-order chi connectivity index (χ0) is 6.97. The van der Waals surface area contributed by atoms with Crippen molar-refractivity contribution in [2.24, 2.45) is 0 Å². The van der Waals surface area contributed by atoms with Gasteiger partial charge in [0.1, 0.15) is 0 Å². The van der Waals surface area contributed by atoms with Crippen molar-refractivity contribution in [3.63, 3.8) is 0 Å². The van der Waals surface area contributed by atoms with Crippen LogP contribution < -0.4 is 0 Å². The smallest absolute Gasteiger partial charge is 0.245 e. The van der Waals surface area contributed by atoms with Crippen molar-refractivity contribution in [2.75, 3.05) is 0 Å². The highest BCUT2D eigenvalue weighted by molar-refractivity contribution is 8.87. The lowest BCUT2D eigenvalue weighted by atomic mass is 10.2. The van der Waals surface area contributed by atoms with E-state index in [9.17, 15) is 4.55 Å². The summed E-state index contributed by atoms with van der Waals surface area (Å²) in [4.78, 5) is 0. The summed E-state index contributed by atoms with van der Waals surface area (Å²) < 4.78 is 11.0. The van der Waals surface area contributed by atoms with Crippen molar-refractivity contribution in [1.82, 2.24) is 0 Å². The first-order chi connectivity index (χ1) is 4.88. The van der Waals surface area contributed by atoms with E-state index in [1.807, 2.05) is 30.3 Å². The van der Waals surface area contributed by atoms with Gasteiger partial charge in [-0.1, -0.05) is 30.3 Å². The third-order valence-electron chi connectivity index (χ3n) is 1.39. The molecular weight excluding hydrogens is 164 g/mol. The van der Waals surface area contributed by atoms with Crippen LogP contribution in [-0.4, -0.2) is 4.55 Å². The highest BCUT2D eigenvalue weighted by Crippen LogP contribution is 2.57. The Kier molecular flexibility index (Phi) is 1.64. The maximum atomic E-state index is 10.8. The molecule has 2 unspecified atom stereocenters. The van der Waals surface area contributed by atoms with Crippen LogP contribution >= 0.6 is 10.8 Å². The van der Waals surface area contributed by atoms with Gasteiger partial charge in [0, 0.05) is 15.8 Å². The molecule has 1 aliphatic rings. The third-order valence-corrected chi connectivity index (χ3v) is 4.20. The summed E-state index contributed by atoms with van der Waals surface area (Å²) >= 11 is 0. The van der Waals surface area contributed by atoms with Gasteiger partial charge in [0.25, 0.3) is 0 Å². The fraction of sp³-hybridized carbons (Fsp3) is 0.143. The number of rotatable bonds is 1. The van der Waals surface area contributed by atoms with Crippen LogP contribution in [0.25, 0.3) is 0 Å². The Morgan fingerprint density at radius 1 is 1.30 bits per heavy atom. The maximum absolute atomic E-state index is 10.8. The van der Waals surface area contributed by atoms with Crippen LogP contribution in [0.5, 0.6) is 0 Å². The number of hydrogen-bond acceptors (Lipinski definition) is 2. The molecule has 0 radical (unpaired) electrons. The van der Waals surface area contributed by atoms with Gasteiger partial charge in [0.2, 0.25) is 4.58 Å². The highest BCUT2D eigenvalue weighted by atomic mass is 33.2. The van der Waals surface area contributed by atoms with Crippen molar-refractivity contribution < 1.29 is 4.55 Å². The lowest BCUT2D eigenvalue weighted by Crippen LogP contribution is -1.79. The average molecular weight is 170 g/mol. The summed E-state index contributed by atoms with van der Waals surface area (Å²) in [6, 6.07) is 9.96. The summed E-state index contributed by atoms with van der Waals surface area (Å²) in [5, 5.41) is 0. The zero-order valence-electron chi connectivity index (χ0n) is 5.19. The molecule has 0 amide bonds. The van der Waals surface area contributed by atoms with E-state index in [0.29, 0.717) is 0 Å². The minimum Gasteiger partial charge on any atom is -0.604 e. The molecule has 1 saturated heterocycles. The van der Waals surface area contributed by atoms with E-state index < -0.39 is 10.2 Å². The fourth-order valence-corrected chi connectivity index (χ4v) is 2.95. The topological polar surface area (TPSA) is 23.1 Å². The van der Waals surface area contributed by atoms with E-state index >= 15 is 0 Å². The Morgan fingerprint density at radius 3 is 2.40 bits per heavy atom. The van der Waals surface area contributed by atoms with E-state index in [1.165, 1.54) is 16.4 Å². The molecule has 1 fully saturated rings. The van der Waals surface area contributed by atoms with Crippen LogP contribution in [0, 0.1) is 0 Å². The predicted octanol–water partition coefficient (Wildman–Crippen LogP) is 2.10.